The molecule has 0 unspecified atom stereocenters. The summed E-state index contributed by atoms with van der Waals surface area (Å²) >= 11 is 0. The fourth-order valence-corrected chi connectivity index (χ4v) is 2.93. The molecule has 4 nitrogen and oxygen atoms in total. The predicted octanol–water partition coefficient (Wildman–Crippen LogP) is 2.65. The van der Waals surface area contributed by atoms with Crippen molar-refractivity contribution < 1.29 is 14.7 Å². The van der Waals surface area contributed by atoms with Crippen LogP contribution in [0.15, 0.2) is 48.5 Å². The predicted molar refractivity (Wildman–Crippen MR) is 78.2 cm³/mol. The molecule has 0 bridgehead atoms. The van der Waals surface area contributed by atoms with Crippen molar-refractivity contribution in [3.63, 3.8) is 0 Å². The molecule has 21 heavy (non-hydrogen) atoms. The smallest absolute Gasteiger partial charge is 0.313 e. The first-order valence-electron chi connectivity index (χ1n) is 6.77. The number of carboxylic acid groups (broad SMARTS) is 1. The number of benzene rings is 2. The van der Waals surface area contributed by atoms with Gasteiger partial charge < -0.3 is 10.4 Å². The molecule has 0 spiro atoms. The second-order valence-corrected chi connectivity index (χ2v) is 5.21. The number of rotatable bonds is 2. The molecule has 0 fully saturated rings. The molecule has 2 aromatic carbocycles. The molecule has 106 valence electrons. The standard InChI is InChI=1S/C17H15NO3/c1-10-6-2-3-7-11(10)15-14(17(20)21)12-8-4-5-9-13(12)16(19)18-15/h2-9,14-15H,1H3,(H,18,19)(H,20,21)/t14-,15-/m0/s1. The number of carbonyl (C=O) groups excluding carboxylic acids is 1. The number of amides is 1. The van der Waals surface area contributed by atoms with Gasteiger partial charge in [0, 0.05) is 5.56 Å². The number of hydrogen-bond donors (Lipinski definition) is 2. The van der Waals surface area contributed by atoms with Gasteiger partial charge in [0.15, 0.2) is 0 Å². The fourth-order valence-electron chi connectivity index (χ4n) is 2.93. The first kappa shape index (κ1) is 13.4. The van der Waals surface area contributed by atoms with Crippen LogP contribution in [-0.2, 0) is 4.79 Å². The van der Waals surface area contributed by atoms with E-state index in [1.165, 1.54) is 0 Å². The zero-order valence-electron chi connectivity index (χ0n) is 11.5. The van der Waals surface area contributed by atoms with Crippen LogP contribution in [0.25, 0.3) is 0 Å². The number of nitrogens with one attached hydrogen (secondary N) is 1. The maximum atomic E-state index is 12.2. The zero-order chi connectivity index (χ0) is 15.0. The molecule has 0 aromatic heterocycles. The Labute approximate surface area is 122 Å². The highest BCUT2D eigenvalue weighted by atomic mass is 16.4. The largest absolute Gasteiger partial charge is 0.481 e. The van der Waals surface area contributed by atoms with Gasteiger partial charge in [0.25, 0.3) is 5.91 Å². The van der Waals surface area contributed by atoms with Crippen molar-refractivity contribution >= 4 is 11.9 Å². The quantitative estimate of drug-likeness (QED) is 0.889. The molecule has 0 saturated heterocycles. The van der Waals surface area contributed by atoms with Crippen LogP contribution in [0.5, 0.6) is 0 Å². The molecule has 0 radical (unpaired) electrons. The maximum absolute atomic E-state index is 12.2. The van der Waals surface area contributed by atoms with Crippen LogP contribution in [-0.4, -0.2) is 17.0 Å². The van der Waals surface area contributed by atoms with Crippen molar-refractivity contribution in [3.05, 3.63) is 70.8 Å². The van der Waals surface area contributed by atoms with E-state index in [0.29, 0.717) is 11.1 Å². The summed E-state index contributed by atoms with van der Waals surface area (Å²) in [5.41, 5.74) is 2.82. The van der Waals surface area contributed by atoms with E-state index in [2.05, 4.69) is 5.32 Å². The van der Waals surface area contributed by atoms with Crippen LogP contribution < -0.4 is 5.32 Å². The SMILES string of the molecule is Cc1ccccc1[C@@H]1NC(=O)c2ccccc2[C@@H]1C(=O)O. The number of aryl methyl sites for hydroxylation is 1. The Morgan fingerprint density at radius 1 is 1.05 bits per heavy atom. The molecule has 2 N–H and O–H groups in total. The van der Waals surface area contributed by atoms with Crippen molar-refractivity contribution in [1.29, 1.82) is 0 Å². The lowest BCUT2D eigenvalue weighted by atomic mass is 9.80. The third-order valence-electron chi connectivity index (χ3n) is 3.95. The highest BCUT2D eigenvalue weighted by molar-refractivity contribution is 6.00. The van der Waals surface area contributed by atoms with E-state index in [-0.39, 0.29) is 5.91 Å². The molecular weight excluding hydrogens is 266 g/mol. The molecule has 4 heteroatoms. The zero-order valence-corrected chi connectivity index (χ0v) is 11.5. The van der Waals surface area contributed by atoms with E-state index in [0.717, 1.165) is 11.1 Å². The summed E-state index contributed by atoms with van der Waals surface area (Å²) in [5, 5.41) is 12.5. The van der Waals surface area contributed by atoms with Gasteiger partial charge in [-0.3, -0.25) is 9.59 Å². The second kappa shape index (κ2) is 5.05. The monoisotopic (exact) mass is 281 g/mol. The van der Waals surface area contributed by atoms with Crippen molar-refractivity contribution in [2.75, 3.05) is 0 Å². The number of hydrogen-bond acceptors (Lipinski definition) is 2. The summed E-state index contributed by atoms with van der Waals surface area (Å²) in [6, 6.07) is 13.9. The van der Waals surface area contributed by atoms with Crippen molar-refractivity contribution in [2.45, 2.75) is 18.9 Å². The van der Waals surface area contributed by atoms with Gasteiger partial charge in [-0.1, -0.05) is 42.5 Å². The first-order chi connectivity index (χ1) is 10.1. The molecule has 1 aliphatic heterocycles. The van der Waals surface area contributed by atoms with Crippen molar-refractivity contribution in [1.82, 2.24) is 5.32 Å². The highest BCUT2D eigenvalue weighted by Crippen LogP contribution is 2.38. The number of carboxylic acids is 1. The topological polar surface area (TPSA) is 66.4 Å². The minimum absolute atomic E-state index is 0.226. The Bertz CT molecular complexity index is 723. The molecule has 1 heterocycles. The van der Waals surface area contributed by atoms with E-state index < -0.39 is 17.9 Å². The maximum Gasteiger partial charge on any atom is 0.313 e. The lowest BCUT2D eigenvalue weighted by Crippen LogP contribution is -2.41. The Morgan fingerprint density at radius 2 is 1.67 bits per heavy atom. The van der Waals surface area contributed by atoms with Crippen LogP contribution >= 0.6 is 0 Å². The normalized spacial score (nSPS) is 20.5. The van der Waals surface area contributed by atoms with Gasteiger partial charge in [0.2, 0.25) is 0 Å². The molecule has 0 aliphatic carbocycles. The summed E-state index contributed by atoms with van der Waals surface area (Å²) in [5.74, 6) is -1.94. The van der Waals surface area contributed by atoms with Gasteiger partial charge in [0.1, 0.15) is 5.92 Å². The second-order valence-electron chi connectivity index (χ2n) is 5.21. The first-order valence-corrected chi connectivity index (χ1v) is 6.77. The Hall–Kier alpha value is -2.62. The molecule has 0 saturated carbocycles. The average molecular weight is 281 g/mol. The van der Waals surface area contributed by atoms with Gasteiger partial charge in [-0.25, -0.2) is 0 Å². The van der Waals surface area contributed by atoms with Gasteiger partial charge in [-0.15, -0.1) is 0 Å². The summed E-state index contributed by atoms with van der Waals surface area (Å²) in [6.45, 7) is 1.92. The van der Waals surface area contributed by atoms with Crippen LogP contribution in [0.3, 0.4) is 0 Å². The minimum Gasteiger partial charge on any atom is -0.481 e. The van der Waals surface area contributed by atoms with Crippen molar-refractivity contribution in [3.8, 4) is 0 Å². The van der Waals surface area contributed by atoms with E-state index in [4.69, 9.17) is 0 Å². The van der Waals surface area contributed by atoms with E-state index in [1.54, 1.807) is 24.3 Å². The lowest BCUT2D eigenvalue weighted by molar-refractivity contribution is -0.139. The molecule has 3 rings (SSSR count). The van der Waals surface area contributed by atoms with E-state index >= 15 is 0 Å². The van der Waals surface area contributed by atoms with Crippen molar-refractivity contribution in [2.24, 2.45) is 0 Å². The highest BCUT2D eigenvalue weighted by Gasteiger charge is 2.39. The summed E-state index contributed by atoms with van der Waals surface area (Å²) in [4.78, 5) is 24.0. The van der Waals surface area contributed by atoms with Gasteiger partial charge in [-0.05, 0) is 29.7 Å². The van der Waals surface area contributed by atoms with Gasteiger partial charge in [0.05, 0.1) is 6.04 Å². The summed E-state index contributed by atoms with van der Waals surface area (Å²) in [7, 11) is 0. The van der Waals surface area contributed by atoms with Crippen LogP contribution in [0.4, 0.5) is 0 Å². The van der Waals surface area contributed by atoms with E-state index in [9.17, 15) is 14.7 Å². The van der Waals surface area contributed by atoms with Gasteiger partial charge in [-0.2, -0.15) is 0 Å². The minimum atomic E-state index is -0.935. The van der Waals surface area contributed by atoms with Gasteiger partial charge >= 0.3 is 5.97 Å². The third kappa shape index (κ3) is 2.18. The Kier molecular flexibility index (Phi) is 3.22. The van der Waals surface area contributed by atoms with Crippen LogP contribution in [0.1, 0.15) is 39.0 Å². The summed E-state index contributed by atoms with van der Waals surface area (Å²) in [6.07, 6.45) is 0. The average Bonchev–Trinajstić information content (AvgIpc) is 2.47. The Morgan fingerprint density at radius 3 is 2.33 bits per heavy atom. The number of carbonyl (C=O) groups is 2. The Balaban J connectivity index is 2.17. The molecule has 2 atom stereocenters. The molecule has 2 aromatic rings. The van der Waals surface area contributed by atoms with Crippen LogP contribution in [0.2, 0.25) is 0 Å². The fraction of sp³-hybridized carbons (Fsp3) is 0.176. The number of fused-ring (bicyclic) bond motifs is 1. The number of aliphatic carboxylic acids is 1. The van der Waals surface area contributed by atoms with E-state index in [1.807, 2.05) is 31.2 Å². The molecule has 1 aliphatic rings. The molecule has 1 amide bonds. The molecular formula is C17H15NO3. The lowest BCUT2D eigenvalue weighted by Gasteiger charge is -2.32. The third-order valence-corrected chi connectivity index (χ3v) is 3.95. The summed E-state index contributed by atoms with van der Waals surface area (Å²) < 4.78 is 0. The van der Waals surface area contributed by atoms with Crippen LogP contribution in [0, 0.1) is 6.92 Å².